The molecule has 1 heteroatoms. The van der Waals surface area contributed by atoms with Gasteiger partial charge in [0.2, 0.25) is 0 Å². The SMILES string of the molecule is C=CCC(CCCCCCCCCCCCCc1ccccc1)C(C)=O. The first-order valence-corrected chi connectivity index (χ1v) is 10.9. The molecule has 0 saturated carbocycles. The zero-order valence-electron chi connectivity index (χ0n) is 17.1. The lowest BCUT2D eigenvalue weighted by molar-refractivity contribution is -0.120. The molecule has 0 N–H and O–H groups in total. The van der Waals surface area contributed by atoms with Crippen LogP contribution in [0.2, 0.25) is 0 Å². The summed E-state index contributed by atoms with van der Waals surface area (Å²) in [5.74, 6) is 0.544. The maximum atomic E-state index is 11.5. The first kappa shape index (κ1) is 22.7. The monoisotopic (exact) mass is 356 g/mol. The van der Waals surface area contributed by atoms with Crippen molar-refractivity contribution in [3.05, 3.63) is 48.6 Å². The van der Waals surface area contributed by atoms with E-state index >= 15 is 0 Å². The van der Waals surface area contributed by atoms with Gasteiger partial charge in [-0.2, -0.15) is 0 Å². The Morgan fingerprint density at radius 2 is 1.35 bits per heavy atom. The van der Waals surface area contributed by atoms with Crippen molar-refractivity contribution >= 4 is 5.78 Å². The van der Waals surface area contributed by atoms with E-state index in [1.807, 2.05) is 6.08 Å². The van der Waals surface area contributed by atoms with Crippen molar-refractivity contribution in [1.82, 2.24) is 0 Å². The van der Waals surface area contributed by atoms with Crippen molar-refractivity contribution < 1.29 is 4.79 Å². The van der Waals surface area contributed by atoms with Crippen LogP contribution in [0.15, 0.2) is 43.0 Å². The third-order valence-electron chi connectivity index (χ3n) is 5.39. The number of hydrogen-bond acceptors (Lipinski definition) is 1. The van der Waals surface area contributed by atoms with Crippen LogP contribution in [0.25, 0.3) is 0 Å². The number of aryl methyl sites for hydroxylation is 1. The molecule has 26 heavy (non-hydrogen) atoms. The first-order valence-electron chi connectivity index (χ1n) is 10.9. The molecule has 1 atom stereocenters. The lowest BCUT2D eigenvalue weighted by Gasteiger charge is -2.10. The van der Waals surface area contributed by atoms with E-state index in [1.54, 1.807) is 6.92 Å². The minimum Gasteiger partial charge on any atom is -0.300 e. The molecule has 146 valence electrons. The smallest absolute Gasteiger partial charge is 0.133 e. The fourth-order valence-electron chi connectivity index (χ4n) is 3.64. The highest BCUT2D eigenvalue weighted by Crippen LogP contribution is 2.17. The molecule has 0 saturated heterocycles. The molecule has 0 fully saturated rings. The number of carbonyl (C=O) groups is 1. The van der Waals surface area contributed by atoms with Crippen LogP contribution in [0.3, 0.4) is 0 Å². The van der Waals surface area contributed by atoms with Crippen molar-refractivity contribution in [2.75, 3.05) is 0 Å². The number of benzene rings is 1. The highest BCUT2D eigenvalue weighted by Gasteiger charge is 2.11. The number of allylic oxidation sites excluding steroid dienone is 1. The molecule has 0 aliphatic carbocycles. The molecule has 1 unspecified atom stereocenters. The molecule has 1 aromatic rings. The van der Waals surface area contributed by atoms with Gasteiger partial charge >= 0.3 is 0 Å². The zero-order chi connectivity index (χ0) is 18.9. The fourth-order valence-corrected chi connectivity index (χ4v) is 3.64. The van der Waals surface area contributed by atoms with Crippen LogP contribution in [0, 0.1) is 5.92 Å². The quantitative estimate of drug-likeness (QED) is 0.206. The lowest BCUT2D eigenvalue weighted by Crippen LogP contribution is -2.09. The highest BCUT2D eigenvalue weighted by molar-refractivity contribution is 5.78. The summed E-state index contributed by atoms with van der Waals surface area (Å²) in [7, 11) is 0. The van der Waals surface area contributed by atoms with Gasteiger partial charge in [0.15, 0.2) is 0 Å². The van der Waals surface area contributed by atoms with Crippen LogP contribution in [0.5, 0.6) is 0 Å². The Kier molecular flexibility index (Phi) is 13.8. The van der Waals surface area contributed by atoms with Gasteiger partial charge in [-0.25, -0.2) is 0 Å². The van der Waals surface area contributed by atoms with Gasteiger partial charge in [0.1, 0.15) is 5.78 Å². The Labute approximate surface area is 162 Å². The third-order valence-corrected chi connectivity index (χ3v) is 5.39. The van der Waals surface area contributed by atoms with Gasteiger partial charge in [0.05, 0.1) is 0 Å². The van der Waals surface area contributed by atoms with E-state index < -0.39 is 0 Å². The summed E-state index contributed by atoms with van der Waals surface area (Å²) in [6.07, 6.45) is 19.8. The number of Topliss-reactive ketones (excluding diaryl/α,β-unsaturated/α-hetero) is 1. The van der Waals surface area contributed by atoms with E-state index in [0.29, 0.717) is 5.78 Å². The predicted molar refractivity (Wildman–Crippen MR) is 115 cm³/mol. The van der Waals surface area contributed by atoms with Gasteiger partial charge in [0.25, 0.3) is 0 Å². The minimum atomic E-state index is 0.217. The second-order valence-electron chi connectivity index (χ2n) is 7.75. The number of unbranched alkanes of at least 4 members (excludes halogenated alkanes) is 10. The van der Waals surface area contributed by atoms with E-state index in [2.05, 4.69) is 36.9 Å². The lowest BCUT2D eigenvalue weighted by atomic mass is 9.94. The molecule has 0 heterocycles. The molecule has 0 aliphatic rings. The highest BCUT2D eigenvalue weighted by atomic mass is 16.1. The molecule has 0 aliphatic heterocycles. The third kappa shape index (κ3) is 12.1. The molecule has 1 aromatic carbocycles. The summed E-state index contributed by atoms with van der Waals surface area (Å²) in [5.41, 5.74) is 1.48. The van der Waals surface area contributed by atoms with Crippen LogP contribution in [0.4, 0.5) is 0 Å². The Morgan fingerprint density at radius 1 is 0.846 bits per heavy atom. The number of carbonyl (C=O) groups excluding carboxylic acids is 1. The molecular weight excluding hydrogens is 316 g/mol. The van der Waals surface area contributed by atoms with E-state index in [4.69, 9.17) is 0 Å². The van der Waals surface area contributed by atoms with Crippen LogP contribution in [-0.4, -0.2) is 5.78 Å². The van der Waals surface area contributed by atoms with Gasteiger partial charge in [-0.05, 0) is 38.2 Å². The summed E-state index contributed by atoms with van der Waals surface area (Å²) in [6, 6.07) is 10.8. The van der Waals surface area contributed by atoms with Crippen molar-refractivity contribution in [2.45, 2.75) is 96.8 Å². The summed E-state index contributed by atoms with van der Waals surface area (Å²) in [4.78, 5) is 11.5. The molecule has 0 radical (unpaired) electrons. The summed E-state index contributed by atoms with van der Waals surface area (Å²) >= 11 is 0. The zero-order valence-corrected chi connectivity index (χ0v) is 17.1. The second-order valence-corrected chi connectivity index (χ2v) is 7.75. The van der Waals surface area contributed by atoms with Crippen molar-refractivity contribution in [3.63, 3.8) is 0 Å². The maximum Gasteiger partial charge on any atom is 0.133 e. The van der Waals surface area contributed by atoms with Crippen molar-refractivity contribution in [2.24, 2.45) is 5.92 Å². The van der Waals surface area contributed by atoms with Gasteiger partial charge in [-0.3, -0.25) is 4.79 Å². The van der Waals surface area contributed by atoms with E-state index in [0.717, 1.165) is 12.8 Å². The summed E-state index contributed by atoms with van der Waals surface area (Å²) in [5, 5.41) is 0. The topological polar surface area (TPSA) is 17.1 Å². The van der Waals surface area contributed by atoms with Crippen LogP contribution in [-0.2, 0) is 11.2 Å². The van der Waals surface area contributed by atoms with E-state index in [1.165, 1.54) is 82.6 Å². The molecule has 0 amide bonds. The number of rotatable bonds is 17. The van der Waals surface area contributed by atoms with Crippen LogP contribution < -0.4 is 0 Å². The molecule has 1 nitrogen and oxygen atoms in total. The summed E-state index contributed by atoms with van der Waals surface area (Å²) in [6.45, 7) is 5.47. The molecular formula is C25H40O. The van der Waals surface area contributed by atoms with Crippen LogP contribution in [0.1, 0.15) is 96.0 Å². The van der Waals surface area contributed by atoms with Crippen molar-refractivity contribution in [1.29, 1.82) is 0 Å². The second kappa shape index (κ2) is 15.9. The first-order chi connectivity index (χ1) is 12.7. The van der Waals surface area contributed by atoms with Crippen LogP contribution >= 0.6 is 0 Å². The Bertz CT molecular complexity index is 462. The van der Waals surface area contributed by atoms with Gasteiger partial charge < -0.3 is 0 Å². The molecule has 0 aromatic heterocycles. The van der Waals surface area contributed by atoms with Crippen molar-refractivity contribution in [3.8, 4) is 0 Å². The Hall–Kier alpha value is -1.37. The fraction of sp³-hybridized carbons (Fsp3) is 0.640. The molecule has 0 bridgehead atoms. The van der Waals surface area contributed by atoms with Gasteiger partial charge in [0, 0.05) is 5.92 Å². The average molecular weight is 357 g/mol. The molecule has 0 spiro atoms. The largest absolute Gasteiger partial charge is 0.300 e. The van der Waals surface area contributed by atoms with E-state index in [-0.39, 0.29) is 5.92 Å². The standard InChI is InChI=1S/C25H40O/c1-3-18-25(23(2)26)22-17-12-10-8-6-4-5-7-9-11-14-19-24-20-15-13-16-21-24/h3,13,15-16,20-21,25H,1,4-12,14,17-19,22H2,2H3. The Morgan fingerprint density at radius 3 is 1.85 bits per heavy atom. The minimum absolute atomic E-state index is 0.217. The summed E-state index contributed by atoms with van der Waals surface area (Å²) < 4.78 is 0. The van der Waals surface area contributed by atoms with Gasteiger partial charge in [-0.1, -0.05) is 101 Å². The normalized spacial score (nSPS) is 12.0. The number of hydrogen-bond donors (Lipinski definition) is 0. The maximum absolute atomic E-state index is 11.5. The number of ketones is 1. The van der Waals surface area contributed by atoms with Gasteiger partial charge in [-0.15, -0.1) is 6.58 Å². The predicted octanol–water partition coefficient (Wildman–Crippen LogP) is 7.69. The molecule has 1 rings (SSSR count). The average Bonchev–Trinajstić information content (AvgIpc) is 2.65. The Balaban J connectivity index is 1.82. The van der Waals surface area contributed by atoms with E-state index in [9.17, 15) is 4.79 Å².